The first-order valence-corrected chi connectivity index (χ1v) is 5.93. The molecule has 3 N–H and O–H groups in total. The van der Waals surface area contributed by atoms with E-state index in [4.69, 9.17) is 5.73 Å². The number of hydrogen-bond donors (Lipinski definition) is 2. The van der Waals surface area contributed by atoms with E-state index in [1.54, 1.807) is 0 Å². The lowest BCUT2D eigenvalue weighted by Crippen LogP contribution is -1.97. The van der Waals surface area contributed by atoms with Crippen LogP contribution in [0.25, 0.3) is 0 Å². The molecule has 0 spiro atoms. The summed E-state index contributed by atoms with van der Waals surface area (Å²) in [4.78, 5) is 4.63. The van der Waals surface area contributed by atoms with E-state index < -0.39 is 0 Å². The number of aryl methyl sites for hydroxylation is 2. The number of nitrogens with one attached hydrogen (secondary N) is 1. The molecule has 0 unspecified atom stereocenters. The second kappa shape index (κ2) is 4.09. The van der Waals surface area contributed by atoms with Crippen LogP contribution in [0.5, 0.6) is 0 Å². The second-order valence-electron chi connectivity index (χ2n) is 4.40. The number of anilines is 3. The normalized spacial score (nSPS) is 13.4. The molecule has 1 aromatic carbocycles. The third-order valence-electron chi connectivity index (χ3n) is 3.11. The van der Waals surface area contributed by atoms with Crippen molar-refractivity contribution < 1.29 is 0 Å². The average molecular weight is 225 g/mol. The van der Waals surface area contributed by atoms with Crippen LogP contribution < -0.4 is 11.1 Å². The van der Waals surface area contributed by atoms with Gasteiger partial charge in [-0.2, -0.15) is 0 Å². The maximum atomic E-state index is 5.65. The molecule has 0 bridgehead atoms. The Morgan fingerprint density at radius 2 is 1.82 bits per heavy atom. The Hall–Kier alpha value is -2.03. The molecule has 0 fully saturated rings. The minimum absolute atomic E-state index is 0.775. The van der Waals surface area contributed by atoms with Gasteiger partial charge in [0.1, 0.15) is 5.82 Å². The van der Waals surface area contributed by atoms with Gasteiger partial charge in [0, 0.05) is 17.1 Å². The van der Waals surface area contributed by atoms with E-state index in [0.717, 1.165) is 23.6 Å². The Balaban J connectivity index is 1.83. The lowest BCUT2D eigenvalue weighted by atomic mass is 10.2. The fraction of sp³-hybridized carbons (Fsp3) is 0.214. The number of pyridine rings is 1. The molecule has 3 nitrogen and oxygen atoms in total. The van der Waals surface area contributed by atoms with Crippen molar-refractivity contribution in [2.75, 3.05) is 11.1 Å². The Bertz CT molecular complexity index is 532. The van der Waals surface area contributed by atoms with Crippen LogP contribution in [-0.4, -0.2) is 4.98 Å². The number of hydrogen-bond acceptors (Lipinski definition) is 3. The summed E-state index contributed by atoms with van der Waals surface area (Å²) in [5.74, 6) is 0.912. The van der Waals surface area contributed by atoms with E-state index in [1.165, 1.54) is 24.1 Å². The number of nitrogen functional groups attached to an aromatic ring is 1. The molecule has 86 valence electrons. The minimum atomic E-state index is 0.775. The minimum Gasteiger partial charge on any atom is -0.399 e. The van der Waals surface area contributed by atoms with E-state index in [-0.39, 0.29) is 0 Å². The summed E-state index contributed by atoms with van der Waals surface area (Å²) in [7, 11) is 0. The second-order valence-corrected chi connectivity index (χ2v) is 4.40. The Morgan fingerprint density at radius 1 is 1.00 bits per heavy atom. The van der Waals surface area contributed by atoms with Gasteiger partial charge in [0.25, 0.3) is 0 Å². The molecule has 1 heterocycles. The molecule has 2 aromatic rings. The number of rotatable bonds is 2. The zero-order valence-corrected chi connectivity index (χ0v) is 9.61. The molecule has 1 aliphatic carbocycles. The SMILES string of the molecule is Nc1ccc(Nc2ccc3c(n2)CCC3)cc1. The van der Waals surface area contributed by atoms with Gasteiger partial charge >= 0.3 is 0 Å². The molecule has 3 heteroatoms. The number of fused-ring (bicyclic) bond motifs is 1. The molecule has 3 rings (SSSR count). The number of aromatic nitrogens is 1. The quantitative estimate of drug-likeness (QED) is 0.773. The fourth-order valence-corrected chi connectivity index (χ4v) is 2.20. The van der Waals surface area contributed by atoms with Gasteiger partial charge in [-0.05, 0) is 55.2 Å². The number of nitrogens with two attached hydrogens (primary N) is 1. The van der Waals surface area contributed by atoms with Crippen molar-refractivity contribution in [3.05, 3.63) is 47.7 Å². The highest BCUT2D eigenvalue weighted by Gasteiger charge is 2.12. The van der Waals surface area contributed by atoms with Gasteiger partial charge in [0.05, 0.1) is 0 Å². The summed E-state index contributed by atoms with van der Waals surface area (Å²) in [6.45, 7) is 0. The summed E-state index contributed by atoms with van der Waals surface area (Å²) in [5, 5.41) is 3.29. The monoisotopic (exact) mass is 225 g/mol. The van der Waals surface area contributed by atoms with Crippen LogP contribution in [0.4, 0.5) is 17.2 Å². The molecule has 0 atom stereocenters. The number of nitrogens with zero attached hydrogens (tertiary/aromatic N) is 1. The van der Waals surface area contributed by atoms with E-state index in [1.807, 2.05) is 30.3 Å². The van der Waals surface area contributed by atoms with Gasteiger partial charge < -0.3 is 11.1 Å². The predicted octanol–water partition coefficient (Wildman–Crippen LogP) is 2.90. The summed E-state index contributed by atoms with van der Waals surface area (Å²) in [5.41, 5.74) is 10.1. The van der Waals surface area contributed by atoms with Crippen molar-refractivity contribution in [2.24, 2.45) is 0 Å². The van der Waals surface area contributed by atoms with Crippen molar-refractivity contribution in [2.45, 2.75) is 19.3 Å². The molecule has 1 aromatic heterocycles. The summed E-state index contributed by atoms with van der Waals surface area (Å²) in [6.07, 6.45) is 3.50. The predicted molar refractivity (Wildman–Crippen MR) is 70.4 cm³/mol. The van der Waals surface area contributed by atoms with Crippen molar-refractivity contribution in [3.63, 3.8) is 0 Å². The van der Waals surface area contributed by atoms with Gasteiger partial charge in [-0.25, -0.2) is 4.98 Å². The van der Waals surface area contributed by atoms with Crippen molar-refractivity contribution in [1.29, 1.82) is 0 Å². The van der Waals surface area contributed by atoms with Crippen LogP contribution in [0.2, 0.25) is 0 Å². The molecule has 0 saturated heterocycles. The van der Waals surface area contributed by atoms with E-state index in [2.05, 4.69) is 16.4 Å². The smallest absolute Gasteiger partial charge is 0.130 e. The maximum absolute atomic E-state index is 5.65. The highest BCUT2D eigenvalue weighted by atomic mass is 15.0. The first-order valence-electron chi connectivity index (χ1n) is 5.93. The fourth-order valence-electron chi connectivity index (χ4n) is 2.20. The standard InChI is InChI=1S/C14H15N3/c15-11-5-7-12(8-6-11)16-14-9-4-10-2-1-3-13(10)17-14/h4-9H,1-3,15H2,(H,16,17). The molecule has 0 saturated carbocycles. The molecule has 0 amide bonds. The van der Waals surface area contributed by atoms with Gasteiger partial charge in [-0.15, -0.1) is 0 Å². The molecule has 1 aliphatic rings. The zero-order valence-electron chi connectivity index (χ0n) is 9.61. The molecular weight excluding hydrogens is 210 g/mol. The number of benzene rings is 1. The topological polar surface area (TPSA) is 50.9 Å². The molecule has 0 aliphatic heterocycles. The summed E-state index contributed by atoms with van der Waals surface area (Å²) >= 11 is 0. The van der Waals surface area contributed by atoms with Gasteiger partial charge in [0.2, 0.25) is 0 Å². The van der Waals surface area contributed by atoms with E-state index in [0.29, 0.717) is 0 Å². The highest BCUT2D eigenvalue weighted by Crippen LogP contribution is 2.23. The third-order valence-corrected chi connectivity index (χ3v) is 3.11. The van der Waals surface area contributed by atoms with Crippen molar-refractivity contribution in [3.8, 4) is 0 Å². The maximum Gasteiger partial charge on any atom is 0.130 e. The summed E-state index contributed by atoms with van der Waals surface area (Å²) < 4.78 is 0. The first-order chi connectivity index (χ1) is 8.31. The van der Waals surface area contributed by atoms with Crippen LogP contribution in [0.3, 0.4) is 0 Å². The Morgan fingerprint density at radius 3 is 2.65 bits per heavy atom. The van der Waals surface area contributed by atoms with Crippen molar-refractivity contribution in [1.82, 2.24) is 4.98 Å². The van der Waals surface area contributed by atoms with Crippen LogP contribution in [0.1, 0.15) is 17.7 Å². The molecule has 17 heavy (non-hydrogen) atoms. The van der Waals surface area contributed by atoms with Crippen molar-refractivity contribution >= 4 is 17.2 Å². The highest BCUT2D eigenvalue weighted by molar-refractivity contribution is 5.59. The molecular formula is C14H15N3. The average Bonchev–Trinajstić information content (AvgIpc) is 2.79. The van der Waals surface area contributed by atoms with Crippen LogP contribution in [0, 0.1) is 0 Å². The third kappa shape index (κ3) is 2.09. The van der Waals surface area contributed by atoms with Crippen LogP contribution >= 0.6 is 0 Å². The zero-order chi connectivity index (χ0) is 11.7. The lowest BCUT2D eigenvalue weighted by Gasteiger charge is -2.07. The summed E-state index contributed by atoms with van der Waals surface area (Å²) in [6, 6.07) is 11.9. The first kappa shape index (κ1) is 10.1. The van der Waals surface area contributed by atoms with Gasteiger partial charge in [-0.3, -0.25) is 0 Å². The van der Waals surface area contributed by atoms with E-state index >= 15 is 0 Å². The Labute approximate surface area is 101 Å². The largest absolute Gasteiger partial charge is 0.399 e. The van der Waals surface area contributed by atoms with Gasteiger partial charge in [0.15, 0.2) is 0 Å². The van der Waals surface area contributed by atoms with Gasteiger partial charge in [-0.1, -0.05) is 6.07 Å². The van der Waals surface area contributed by atoms with Crippen LogP contribution in [0.15, 0.2) is 36.4 Å². The molecule has 0 radical (unpaired) electrons. The van der Waals surface area contributed by atoms with Crippen LogP contribution in [-0.2, 0) is 12.8 Å². The van der Waals surface area contributed by atoms with E-state index in [9.17, 15) is 0 Å². The Kier molecular flexibility index (Phi) is 2.44. The lowest BCUT2D eigenvalue weighted by molar-refractivity contribution is 0.900.